The van der Waals surface area contributed by atoms with Gasteiger partial charge in [-0.15, -0.1) is 0 Å². The van der Waals surface area contributed by atoms with E-state index in [0.717, 1.165) is 39.2 Å². The highest BCUT2D eigenvalue weighted by molar-refractivity contribution is 7.80. The van der Waals surface area contributed by atoms with E-state index in [-0.39, 0.29) is 0 Å². The van der Waals surface area contributed by atoms with Crippen LogP contribution in [0.3, 0.4) is 0 Å². The minimum atomic E-state index is 0.366. The maximum Gasteiger partial charge on any atom is 0.269 e. The molecule has 0 aliphatic heterocycles. The summed E-state index contributed by atoms with van der Waals surface area (Å²) in [5, 5.41) is 0.366. The summed E-state index contributed by atoms with van der Waals surface area (Å²) in [6.07, 6.45) is 0. The third-order valence-electron chi connectivity index (χ3n) is 6.09. The Bertz CT molecular complexity index is 1520. The normalized spacial score (nSPS) is 10.8. The minimum absolute atomic E-state index is 0.366. The van der Waals surface area contributed by atoms with Gasteiger partial charge in [0.05, 0.1) is 22.4 Å². The van der Waals surface area contributed by atoms with E-state index in [1.807, 2.05) is 72.6 Å². The van der Waals surface area contributed by atoms with E-state index in [1.165, 1.54) is 11.1 Å². The van der Waals surface area contributed by atoms with Crippen LogP contribution in [0.4, 0.5) is 5.69 Å². The average molecular weight is 476 g/mol. The highest BCUT2D eigenvalue weighted by Crippen LogP contribution is 2.32. The fraction of sp³-hybridized carbons (Fsp3) is 0.100. The first kappa shape index (κ1) is 22.7. The Labute approximate surface area is 210 Å². The van der Waals surface area contributed by atoms with Gasteiger partial charge >= 0.3 is 0 Å². The molecule has 5 heteroatoms. The van der Waals surface area contributed by atoms with E-state index >= 15 is 0 Å². The summed E-state index contributed by atoms with van der Waals surface area (Å²) in [6, 6.07) is 32.2. The molecule has 0 saturated carbocycles. The topological polar surface area (TPSA) is 38.2 Å². The molecule has 0 aliphatic rings. The van der Waals surface area contributed by atoms with Crippen molar-refractivity contribution in [2.24, 2.45) is 0 Å². The Morgan fingerprint density at radius 2 is 1.29 bits per heavy atom. The maximum absolute atomic E-state index is 6.06. The van der Waals surface area contributed by atoms with Crippen molar-refractivity contribution in [2.45, 2.75) is 13.8 Å². The molecule has 0 fully saturated rings. The summed E-state index contributed by atoms with van der Waals surface area (Å²) in [5.74, 6) is 0.624. The fourth-order valence-electron chi connectivity index (χ4n) is 3.90. The van der Waals surface area contributed by atoms with Gasteiger partial charge in [0.15, 0.2) is 0 Å². The molecule has 0 amide bonds. The molecule has 5 aromatic rings. The molecule has 4 aromatic carbocycles. The number of anilines is 1. The Hall–Kier alpha value is -4.09. The lowest BCUT2D eigenvalue weighted by Crippen LogP contribution is -2.29. The van der Waals surface area contributed by atoms with Crippen molar-refractivity contribution in [3.05, 3.63) is 108 Å². The third-order valence-corrected chi connectivity index (χ3v) is 6.44. The second kappa shape index (κ2) is 9.65. The molecule has 4 nitrogen and oxygen atoms in total. The molecule has 172 valence electrons. The summed E-state index contributed by atoms with van der Waals surface area (Å²) < 4.78 is 6.06. The van der Waals surface area contributed by atoms with Crippen LogP contribution in [0.1, 0.15) is 11.1 Å². The zero-order valence-electron chi connectivity index (χ0n) is 19.9. The highest BCUT2D eigenvalue weighted by Gasteiger charge is 2.15. The number of ether oxygens (including phenoxy) is 1. The lowest BCUT2D eigenvalue weighted by atomic mass is 10.0. The second-order valence-corrected chi connectivity index (χ2v) is 8.85. The summed E-state index contributed by atoms with van der Waals surface area (Å²) >= 11 is 5.59. The number of aromatic nitrogens is 2. The molecule has 0 unspecified atom stereocenters. The molecule has 0 spiro atoms. The van der Waals surface area contributed by atoms with Crippen molar-refractivity contribution >= 4 is 34.1 Å². The van der Waals surface area contributed by atoms with Gasteiger partial charge in [0.1, 0.15) is 5.75 Å². The van der Waals surface area contributed by atoms with Gasteiger partial charge in [-0.05, 0) is 61.5 Å². The molecular weight excluding hydrogens is 450 g/mol. The van der Waals surface area contributed by atoms with Crippen LogP contribution in [0.5, 0.6) is 5.75 Å². The van der Waals surface area contributed by atoms with Gasteiger partial charge in [-0.1, -0.05) is 66.7 Å². The molecule has 0 N–H and O–H groups in total. The molecule has 0 radical (unpaired) electrons. The zero-order valence-corrected chi connectivity index (χ0v) is 20.7. The van der Waals surface area contributed by atoms with Crippen molar-refractivity contribution in [1.82, 2.24) is 9.97 Å². The fourth-order valence-corrected chi connectivity index (χ4v) is 4.10. The van der Waals surface area contributed by atoms with Gasteiger partial charge in [0.25, 0.3) is 5.17 Å². The van der Waals surface area contributed by atoms with Crippen LogP contribution in [0.2, 0.25) is 0 Å². The Morgan fingerprint density at radius 1 is 0.686 bits per heavy atom. The standard InChI is InChI=1S/C30H25N3OS/c1-20-14-15-24(18-21(20)2)33(3)30(35)34-25-16-17-26-27(19-25)32-29(23-12-8-5-9-13-23)28(31-26)22-10-6-4-7-11-22/h4-19H,1-3H3. The summed E-state index contributed by atoms with van der Waals surface area (Å²) in [5.41, 5.74) is 8.69. The second-order valence-electron chi connectivity index (χ2n) is 8.50. The quantitative estimate of drug-likeness (QED) is 0.254. The van der Waals surface area contributed by atoms with Crippen LogP contribution in [0, 0.1) is 13.8 Å². The number of rotatable bonds is 4. The third kappa shape index (κ3) is 4.77. The summed E-state index contributed by atoms with van der Waals surface area (Å²) in [4.78, 5) is 11.9. The van der Waals surface area contributed by atoms with Gasteiger partial charge in [-0.3, -0.25) is 0 Å². The van der Waals surface area contributed by atoms with Gasteiger partial charge in [0.2, 0.25) is 0 Å². The first-order valence-corrected chi connectivity index (χ1v) is 11.9. The first-order chi connectivity index (χ1) is 17.0. The molecule has 1 aromatic heterocycles. The van der Waals surface area contributed by atoms with E-state index in [1.54, 1.807) is 0 Å². The van der Waals surface area contributed by atoms with Crippen LogP contribution in [-0.2, 0) is 0 Å². The van der Waals surface area contributed by atoms with Crippen molar-refractivity contribution in [2.75, 3.05) is 11.9 Å². The van der Waals surface area contributed by atoms with Gasteiger partial charge < -0.3 is 9.64 Å². The SMILES string of the molecule is Cc1ccc(N(C)C(=S)Oc2ccc3nc(-c4ccccc4)c(-c4ccccc4)nc3c2)cc1C. The average Bonchev–Trinajstić information content (AvgIpc) is 2.90. The van der Waals surface area contributed by atoms with E-state index in [4.69, 9.17) is 26.9 Å². The number of fused-ring (bicyclic) bond motifs is 1. The lowest BCUT2D eigenvalue weighted by Gasteiger charge is -2.21. The van der Waals surface area contributed by atoms with Crippen LogP contribution in [0.25, 0.3) is 33.5 Å². The molecule has 5 rings (SSSR count). The summed E-state index contributed by atoms with van der Waals surface area (Å²) in [6.45, 7) is 4.18. The number of hydrogen-bond acceptors (Lipinski definition) is 4. The molecule has 1 heterocycles. The van der Waals surface area contributed by atoms with E-state index < -0.39 is 0 Å². The predicted octanol–water partition coefficient (Wildman–Crippen LogP) is 7.38. The van der Waals surface area contributed by atoms with E-state index in [9.17, 15) is 0 Å². The molecule has 0 saturated heterocycles. The van der Waals surface area contributed by atoms with Crippen LogP contribution < -0.4 is 9.64 Å². The van der Waals surface area contributed by atoms with Gasteiger partial charge in [-0.25, -0.2) is 9.97 Å². The largest absolute Gasteiger partial charge is 0.431 e. The highest BCUT2D eigenvalue weighted by atomic mass is 32.1. The molecular formula is C30H25N3OS. The van der Waals surface area contributed by atoms with Crippen molar-refractivity contribution in [3.63, 3.8) is 0 Å². The van der Waals surface area contributed by atoms with Crippen LogP contribution in [0.15, 0.2) is 97.1 Å². The Balaban J connectivity index is 1.51. The molecule has 0 atom stereocenters. The van der Waals surface area contributed by atoms with E-state index in [0.29, 0.717) is 10.9 Å². The molecule has 0 bridgehead atoms. The van der Waals surface area contributed by atoms with Gasteiger partial charge in [0, 0.05) is 29.9 Å². The monoisotopic (exact) mass is 475 g/mol. The number of hydrogen-bond donors (Lipinski definition) is 0. The zero-order chi connectivity index (χ0) is 24.4. The molecule has 35 heavy (non-hydrogen) atoms. The van der Waals surface area contributed by atoms with Crippen LogP contribution >= 0.6 is 12.2 Å². The van der Waals surface area contributed by atoms with Crippen molar-refractivity contribution in [3.8, 4) is 28.3 Å². The Morgan fingerprint density at radius 3 is 1.89 bits per heavy atom. The van der Waals surface area contributed by atoms with Crippen LogP contribution in [-0.4, -0.2) is 22.2 Å². The smallest absolute Gasteiger partial charge is 0.269 e. The number of benzene rings is 4. The number of aryl methyl sites for hydroxylation is 2. The summed E-state index contributed by atoms with van der Waals surface area (Å²) in [7, 11) is 1.91. The number of thiocarbonyl (C=S) groups is 1. The molecule has 0 aliphatic carbocycles. The Kier molecular flexibility index (Phi) is 6.25. The number of nitrogens with zero attached hydrogens (tertiary/aromatic N) is 3. The first-order valence-electron chi connectivity index (χ1n) is 11.4. The minimum Gasteiger partial charge on any atom is -0.431 e. The van der Waals surface area contributed by atoms with E-state index in [2.05, 4.69) is 50.2 Å². The van der Waals surface area contributed by atoms with Gasteiger partial charge in [-0.2, -0.15) is 0 Å². The van der Waals surface area contributed by atoms with Crippen molar-refractivity contribution < 1.29 is 4.74 Å². The maximum atomic E-state index is 6.06. The van der Waals surface area contributed by atoms with Crippen molar-refractivity contribution in [1.29, 1.82) is 0 Å². The predicted molar refractivity (Wildman–Crippen MR) is 148 cm³/mol. The lowest BCUT2D eigenvalue weighted by molar-refractivity contribution is 0.553.